The highest BCUT2D eigenvalue weighted by molar-refractivity contribution is 7.16. The molecule has 4 nitrogen and oxygen atoms in total. The zero-order chi connectivity index (χ0) is 14.2. The van der Waals surface area contributed by atoms with E-state index >= 15 is 0 Å². The number of hydrogen-bond donors (Lipinski definition) is 1. The van der Waals surface area contributed by atoms with Gasteiger partial charge in [0.1, 0.15) is 12.6 Å². The predicted molar refractivity (Wildman–Crippen MR) is 74.5 cm³/mol. The molecule has 1 aromatic rings. The van der Waals surface area contributed by atoms with Gasteiger partial charge >= 0.3 is 0 Å². The van der Waals surface area contributed by atoms with E-state index in [9.17, 15) is 9.59 Å². The normalized spacial score (nSPS) is 8.83. The third kappa shape index (κ3) is 12.8. The van der Waals surface area contributed by atoms with Crippen molar-refractivity contribution in [3.63, 3.8) is 0 Å². The molecule has 0 aromatic heterocycles. The van der Waals surface area contributed by atoms with Crippen LogP contribution in [0.3, 0.4) is 0 Å². The molecule has 0 saturated carbocycles. The van der Waals surface area contributed by atoms with Crippen molar-refractivity contribution in [3.8, 4) is 0 Å². The Morgan fingerprint density at radius 1 is 1.22 bits per heavy atom. The van der Waals surface area contributed by atoms with Gasteiger partial charge in [-0.1, -0.05) is 31.2 Å². The fraction of sp³-hybridized carbons (Fsp3) is 0.385. The first-order valence-corrected chi connectivity index (χ1v) is 6.66. The maximum Gasteiger partial charge on any atom is 0.177 e. The highest BCUT2D eigenvalue weighted by Gasteiger charge is 1.94. The molecule has 18 heavy (non-hydrogen) atoms. The fourth-order valence-electron chi connectivity index (χ4n) is 1.11. The van der Waals surface area contributed by atoms with E-state index in [2.05, 4.69) is 19.1 Å². The number of aldehydes is 2. The number of hydrogen-bond acceptors (Lipinski definition) is 3. The lowest BCUT2D eigenvalue weighted by molar-refractivity contribution is -0.108. The van der Waals surface area contributed by atoms with Crippen LogP contribution in [0.1, 0.15) is 30.9 Å². The SMILES string of the molecule is CCC=O.Cc1ccccc1CCC=O.O=[PH2]O. The van der Waals surface area contributed by atoms with Gasteiger partial charge in [0.2, 0.25) is 0 Å². The molecule has 0 aliphatic carbocycles. The predicted octanol–water partition coefficient (Wildman–Crippen LogP) is 2.37. The highest BCUT2D eigenvalue weighted by atomic mass is 31.1. The molecule has 0 radical (unpaired) electrons. The van der Waals surface area contributed by atoms with E-state index in [1.165, 1.54) is 11.1 Å². The number of carbonyl (C=O) groups is 2. The second-order valence-electron chi connectivity index (χ2n) is 3.31. The van der Waals surface area contributed by atoms with E-state index in [0.29, 0.717) is 12.8 Å². The Labute approximate surface area is 109 Å². The van der Waals surface area contributed by atoms with Gasteiger partial charge in [0.05, 0.1) is 0 Å². The van der Waals surface area contributed by atoms with Crippen molar-refractivity contribution >= 4 is 21.3 Å². The Hall–Kier alpha value is -1.25. The molecule has 5 heteroatoms. The van der Waals surface area contributed by atoms with Gasteiger partial charge in [-0.05, 0) is 24.5 Å². The van der Waals surface area contributed by atoms with Crippen molar-refractivity contribution in [1.29, 1.82) is 0 Å². The van der Waals surface area contributed by atoms with Crippen LogP contribution in [0.25, 0.3) is 0 Å². The summed E-state index contributed by atoms with van der Waals surface area (Å²) >= 11 is 0. The Morgan fingerprint density at radius 2 is 1.72 bits per heavy atom. The second-order valence-corrected chi connectivity index (χ2v) is 3.52. The summed E-state index contributed by atoms with van der Waals surface area (Å²) in [6, 6.07) is 8.16. The first-order valence-electron chi connectivity index (χ1n) is 5.67. The molecule has 0 saturated heterocycles. The average molecular weight is 272 g/mol. The number of benzene rings is 1. The van der Waals surface area contributed by atoms with E-state index in [-0.39, 0.29) is 0 Å². The molecule has 1 atom stereocenters. The standard InChI is InChI=1S/C10H12O.C3H6O.H3O2P/c1-9-5-2-3-6-10(9)7-4-8-11;1-2-3-4;1-3-2/h2-3,5-6,8H,4,7H2,1H3;3H,2H2,1H3;3H2,(H,1,2). The van der Waals surface area contributed by atoms with Crippen molar-refractivity contribution in [3.05, 3.63) is 35.4 Å². The molecule has 0 spiro atoms. The maximum absolute atomic E-state index is 10.1. The van der Waals surface area contributed by atoms with E-state index in [4.69, 9.17) is 9.46 Å². The third-order valence-electron chi connectivity index (χ3n) is 1.96. The first-order chi connectivity index (χ1) is 8.67. The molecule has 0 amide bonds. The lowest BCUT2D eigenvalue weighted by Crippen LogP contribution is -1.88. The van der Waals surface area contributed by atoms with Crippen LogP contribution in [0.2, 0.25) is 0 Å². The molecule has 0 aliphatic rings. The van der Waals surface area contributed by atoms with Gasteiger partial charge in [0.25, 0.3) is 0 Å². The topological polar surface area (TPSA) is 71.4 Å². The van der Waals surface area contributed by atoms with Gasteiger partial charge in [-0.3, -0.25) is 4.57 Å². The molecule has 1 rings (SSSR count). The van der Waals surface area contributed by atoms with Crippen LogP contribution in [0.4, 0.5) is 0 Å². The molecular weight excluding hydrogens is 251 g/mol. The van der Waals surface area contributed by atoms with Crippen LogP contribution in [-0.2, 0) is 20.6 Å². The zero-order valence-corrected chi connectivity index (χ0v) is 12.0. The van der Waals surface area contributed by atoms with Crippen molar-refractivity contribution in [2.24, 2.45) is 0 Å². The van der Waals surface area contributed by atoms with Crippen LogP contribution in [0.15, 0.2) is 24.3 Å². The summed E-state index contributed by atoms with van der Waals surface area (Å²) in [6.45, 7) is 3.88. The number of carbonyl (C=O) groups excluding carboxylic acids is 2. The van der Waals surface area contributed by atoms with Crippen molar-refractivity contribution < 1.29 is 19.0 Å². The minimum Gasteiger partial charge on any atom is -0.348 e. The lowest BCUT2D eigenvalue weighted by atomic mass is 10.1. The van der Waals surface area contributed by atoms with Crippen LogP contribution in [0.5, 0.6) is 0 Å². The Bertz CT molecular complexity index is 340. The van der Waals surface area contributed by atoms with Crippen LogP contribution >= 0.6 is 8.69 Å². The summed E-state index contributed by atoms with van der Waals surface area (Å²) in [6.07, 6.45) is 3.98. The van der Waals surface area contributed by atoms with Gasteiger partial charge in [0.15, 0.2) is 8.69 Å². The van der Waals surface area contributed by atoms with Crippen LogP contribution < -0.4 is 0 Å². The van der Waals surface area contributed by atoms with Crippen LogP contribution in [0, 0.1) is 6.92 Å². The van der Waals surface area contributed by atoms with Gasteiger partial charge in [0, 0.05) is 12.8 Å². The van der Waals surface area contributed by atoms with Gasteiger partial charge in [-0.25, -0.2) is 0 Å². The van der Waals surface area contributed by atoms with Gasteiger partial charge in [-0.15, -0.1) is 0 Å². The number of rotatable bonds is 4. The van der Waals surface area contributed by atoms with E-state index in [0.717, 1.165) is 19.0 Å². The second kappa shape index (κ2) is 15.8. The van der Waals surface area contributed by atoms with Crippen molar-refractivity contribution in [1.82, 2.24) is 0 Å². The van der Waals surface area contributed by atoms with Crippen molar-refractivity contribution in [2.75, 3.05) is 0 Å². The number of aryl methyl sites for hydroxylation is 2. The van der Waals surface area contributed by atoms with Gasteiger partial charge < -0.3 is 14.5 Å². The van der Waals surface area contributed by atoms with E-state index < -0.39 is 8.69 Å². The minimum atomic E-state index is -1.50. The summed E-state index contributed by atoms with van der Waals surface area (Å²) in [5.41, 5.74) is 2.55. The minimum absolute atomic E-state index is 0.630. The van der Waals surface area contributed by atoms with Gasteiger partial charge in [-0.2, -0.15) is 0 Å². The first kappa shape index (κ1) is 19.1. The molecule has 1 N–H and O–H groups in total. The summed E-state index contributed by atoms with van der Waals surface area (Å²) in [7, 11) is -1.50. The lowest BCUT2D eigenvalue weighted by Gasteiger charge is -2.00. The van der Waals surface area contributed by atoms with Crippen LogP contribution in [-0.4, -0.2) is 17.5 Å². The third-order valence-corrected chi connectivity index (χ3v) is 1.96. The summed E-state index contributed by atoms with van der Waals surface area (Å²) in [5, 5.41) is 0. The monoisotopic (exact) mass is 272 g/mol. The molecule has 0 fully saturated rings. The summed E-state index contributed by atoms with van der Waals surface area (Å²) in [5.74, 6) is 0. The van der Waals surface area contributed by atoms with Crippen molar-refractivity contribution in [2.45, 2.75) is 33.1 Å². The highest BCUT2D eigenvalue weighted by Crippen LogP contribution is 2.08. The van der Waals surface area contributed by atoms with E-state index in [1.54, 1.807) is 0 Å². The molecule has 1 aromatic carbocycles. The Kier molecular flexibility index (Phi) is 16.7. The molecule has 102 valence electrons. The molecule has 0 heterocycles. The summed E-state index contributed by atoms with van der Waals surface area (Å²) in [4.78, 5) is 26.4. The molecule has 0 aliphatic heterocycles. The molecule has 0 bridgehead atoms. The quantitative estimate of drug-likeness (QED) is 0.674. The Morgan fingerprint density at radius 3 is 2.11 bits per heavy atom. The van der Waals surface area contributed by atoms with E-state index in [1.807, 2.05) is 19.1 Å². The summed E-state index contributed by atoms with van der Waals surface area (Å²) < 4.78 is 8.57. The molecular formula is C13H21O4P. The zero-order valence-electron chi connectivity index (χ0n) is 10.8. The largest absolute Gasteiger partial charge is 0.348 e. The average Bonchev–Trinajstić information content (AvgIpc) is 2.39. The molecule has 1 unspecified atom stereocenters. The Balaban J connectivity index is 0. The maximum atomic E-state index is 10.1. The smallest absolute Gasteiger partial charge is 0.177 e. The fourth-order valence-corrected chi connectivity index (χ4v) is 1.11.